The number of Topliss-reactive ketones (excluding diaryl/α,β-unsaturated/α-hetero) is 1. The fourth-order valence-corrected chi connectivity index (χ4v) is 7.65. The van der Waals surface area contributed by atoms with E-state index in [4.69, 9.17) is 10.9 Å². The molecule has 1 amide bonds. The quantitative estimate of drug-likeness (QED) is 0.289. The number of carbonyl (C=O) groups is 2. The summed E-state index contributed by atoms with van der Waals surface area (Å²) in [4.78, 5) is 27.9. The molecule has 3 aromatic rings. The summed E-state index contributed by atoms with van der Waals surface area (Å²) in [6.45, 7) is 4.43. The molecular formula is C30H31N7O4S3. The molecule has 228 valence electrons. The first-order chi connectivity index (χ1) is 20.9. The summed E-state index contributed by atoms with van der Waals surface area (Å²) in [5.41, 5.74) is 9.60. The zero-order valence-corrected chi connectivity index (χ0v) is 26.6. The number of hydrogen-bond acceptors (Lipinski definition) is 11. The summed E-state index contributed by atoms with van der Waals surface area (Å²) in [6, 6.07) is 17.9. The van der Waals surface area contributed by atoms with Gasteiger partial charge in [-0.1, -0.05) is 79.4 Å². The highest BCUT2D eigenvalue weighted by molar-refractivity contribution is 8.01. The summed E-state index contributed by atoms with van der Waals surface area (Å²) in [7, 11) is -3.75. The van der Waals surface area contributed by atoms with E-state index in [2.05, 4.69) is 21.6 Å². The van der Waals surface area contributed by atoms with Crippen LogP contribution in [0.15, 0.2) is 86.5 Å². The van der Waals surface area contributed by atoms with Crippen molar-refractivity contribution in [2.24, 2.45) is 16.3 Å². The number of allylic oxidation sites excluding steroid dienone is 3. The molecule has 0 radical (unpaired) electrons. The average molecular weight is 650 g/mol. The predicted molar refractivity (Wildman–Crippen MR) is 169 cm³/mol. The van der Waals surface area contributed by atoms with Crippen LogP contribution in [0, 0.1) is 16.7 Å². The maximum absolute atomic E-state index is 13.6. The van der Waals surface area contributed by atoms with E-state index in [1.54, 1.807) is 17.0 Å². The number of benzene rings is 2. The molecule has 0 spiro atoms. The van der Waals surface area contributed by atoms with Gasteiger partial charge in [0, 0.05) is 24.2 Å². The molecule has 11 nitrogen and oxygen atoms in total. The number of ketones is 1. The minimum atomic E-state index is -3.75. The minimum absolute atomic E-state index is 0.0218. The van der Waals surface area contributed by atoms with Gasteiger partial charge in [0.2, 0.25) is 21.1 Å². The number of aromatic nitrogens is 2. The molecule has 0 fully saturated rings. The third-order valence-corrected chi connectivity index (χ3v) is 10.4. The van der Waals surface area contributed by atoms with Gasteiger partial charge in [0.1, 0.15) is 5.82 Å². The van der Waals surface area contributed by atoms with E-state index < -0.39 is 15.9 Å². The molecule has 0 saturated heterocycles. The van der Waals surface area contributed by atoms with Crippen LogP contribution in [0.25, 0.3) is 0 Å². The van der Waals surface area contributed by atoms with Gasteiger partial charge in [-0.25, -0.2) is 13.6 Å². The Morgan fingerprint density at radius 3 is 2.52 bits per heavy atom. The van der Waals surface area contributed by atoms with Crippen molar-refractivity contribution in [2.75, 3.05) is 17.2 Å². The SMILES string of the molecule is CC1(C)CC(=O)C2=C(C1)N(c1nnc(SCC(=O)NCCc3ccc(S(N)(=O)=O)cc3)s1)C(N)=C(C#N)C2c1ccccc1. The molecule has 2 aliphatic rings. The van der Waals surface area contributed by atoms with E-state index in [0.717, 1.165) is 16.8 Å². The number of rotatable bonds is 9. The van der Waals surface area contributed by atoms with Crippen molar-refractivity contribution in [3.05, 3.63) is 88.4 Å². The second-order valence-electron chi connectivity index (χ2n) is 11.3. The van der Waals surface area contributed by atoms with Crippen molar-refractivity contribution in [1.82, 2.24) is 15.5 Å². The molecule has 1 aromatic heterocycles. The largest absolute Gasteiger partial charge is 0.384 e. The summed E-state index contributed by atoms with van der Waals surface area (Å²) in [6.07, 6.45) is 1.43. The van der Waals surface area contributed by atoms with Gasteiger partial charge in [0.15, 0.2) is 10.1 Å². The molecule has 1 aliphatic heterocycles. The number of amides is 1. The van der Waals surface area contributed by atoms with E-state index in [1.165, 1.54) is 35.2 Å². The number of nitrogens with two attached hydrogens (primary N) is 2. The number of nitrogens with zero attached hydrogens (tertiary/aromatic N) is 4. The maximum Gasteiger partial charge on any atom is 0.238 e. The zero-order chi connectivity index (χ0) is 31.6. The zero-order valence-electron chi connectivity index (χ0n) is 24.1. The fourth-order valence-electron chi connectivity index (χ4n) is 5.43. The van der Waals surface area contributed by atoms with Crippen LogP contribution in [-0.2, 0) is 26.0 Å². The van der Waals surface area contributed by atoms with Crippen LogP contribution in [0.1, 0.15) is 43.7 Å². The van der Waals surface area contributed by atoms with Crippen LogP contribution >= 0.6 is 23.1 Å². The minimum Gasteiger partial charge on any atom is -0.384 e. The van der Waals surface area contributed by atoms with Gasteiger partial charge >= 0.3 is 0 Å². The van der Waals surface area contributed by atoms with E-state index in [1.807, 2.05) is 44.2 Å². The Kier molecular flexibility index (Phi) is 8.94. The number of primary sulfonamides is 1. The molecule has 5 N–H and O–H groups in total. The number of nitrogens with one attached hydrogen (secondary N) is 1. The van der Waals surface area contributed by atoms with E-state index >= 15 is 0 Å². The summed E-state index contributed by atoms with van der Waals surface area (Å²) >= 11 is 2.45. The molecule has 2 aromatic carbocycles. The van der Waals surface area contributed by atoms with Crippen molar-refractivity contribution in [3.8, 4) is 6.07 Å². The number of thioether (sulfide) groups is 1. The Labute approximate surface area is 264 Å². The Hall–Kier alpha value is -4.03. The van der Waals surface area contributed by atoms with Gasteiger partial charge in [-0.2, -0.15) is 5.26 Å². The number of carbonyl (C=O) groups excluding carboxylic acids is 2. The number of hydrogen-bond donors (Lipinski definition) is 3. The van der Waals surface area contributed by atoms with Crippen LogP contribution < -0.4 is 21.1 Å². The van der Waals surface area contributed by atoms with Crippen molar-refractivity contribution < 1.29 is 18.0 Å². The topological polar surface area (TPSA) is 185 Å². The highest BCUT2D eigenvalue weighted by Gasteiger charge is 2.45. The molecule has 0 saturated carbocycles. The van der Waals surface area contributed by atoms with Gasteiger partial charge in [-0.3, -0.25) is 14.5 Å². The molecule has 1 unspecified atom stereocenters. The fraction of sp³-hybridized carbons (Fsp3) is 0.300. The normalized spacial score (nSPS) is 18.2. The van der Waals surface area contributed by atoms with Gasteiger partial charge in [-0.05, 0) is 41.5 Å². The van der Waals surface area contributed by atoms with Crippen molar-refractivity contribution in [2.45, 2.75) is 48.3 Å². The number of nitriles is 1. The molecule has 0 bridgehead atoms. The maximum atomic E-state index is 13.6. The monoisotopic (exact) mass is 649 g/mol. The van der Waals surface area contributed by atoms with Crippen LogP contribution in [0.5, 0.6) is 0 Å². The standard InChI is InChI=1S/C30H31N7O4S3/c1-30(2)14-22-26(23(38)15-30)25(19-6-4-3-5-7-19)21(16-31)27(32)37(22)28-35-36-29(43-28)42-17-24(39)34-13-12-18-8-10-20(11-9-18)44(33,40)41/h3-11,25H,12-15,17,32H2,1-2H3,(H,34,39)(H2,33,40,41). The van der Waals surface area contributed by atoms with Gasteiger partial charge in [0.25, 0.3) is 0 Å². The van der Waals surface area contributed by atoms with Crippen molar-refractivity contribution >= 4 is 49.9 Å². The number of sulfonamides is 1. The lowest BCUT2D eigenvalue weighted by atomic mass is 9.69. The Morgan fingerprint density at radius 2 is 1.86 bits per heavy atom. The van der Waals surface area contributed by atoms with Crippen LogP contribution in [0.3, 0.4) is 0 Å². The predicted octanol–water partition coefficient (Wildman–Crippen LogP) is 3.58. The Balaban J connectivity index is 1.30. The molecule has 1 aliphatic carbocycles. The van der Waals surface area contributed by atoms with E-state index in [-0.39, 0.29) is 39.1 Å². The van der Waals surface area contributed by atoms with Crippen LogP contribution in [-0.4, -0.2) is 42.6 Å². The first kappa shape index (κ1) is 31.4. The molecule has 1 atom stereocenters. The average Bonchev–Trinajstić information content (AvgIpc) is 3.43. The summed E-state index contributed by atoms with van der Waals surface area (Å²) in [5, 5.41) is 27.2. The van der Waals surface area contributed by atoms with Crippen LogP contribution in [0.4, 0.5) is 5.13 Å². The third kappa shape index (κ3) is 6.71. The number of anilines is 1. The highest BCUT2D eigenvalue weighted by Crippen LogP contribution is 2.50. The van der Waals surface area contributed by atoms with Crippen molar-refractivity contribution in [3.63, 3.8) is 0 Å². The van der Waals surface area contributed by atoms with Crippen molar-refractivity contribution in [1.29, 1.82) is 5.26 Å². The Morgan fingerprint density at radius 1 is 1.16 bits per heavy atom. The van der Waals surface area contributed by atoms with E-state index in [9.17, 15) is 23.3 Å². The second-order valence-corrected chi connectivity index (χ2v) is 15.1. The smallest absolute Gasteiger partial charge is 0.238 e. The second kappa shape index (κ2) is 12.5. The molecule has 14 heteroatoms. The van der Waals surface area contributed by atoms with Crippen LogP contribution in [0.2, 0.25) is 0 Å². The van der Waals surface area contributed by atoms with Gasteiger partial charge in [-0.15, -0.1) is 10.2 Å². The highest BCUT2D eigenvalue weighted by atomic mass is 32.2. The first-order valence-electron chi connectivity index (χ1n) is 13.7. The van der Waals surface area contributed by atoms with E-state index in [0.29, 0.717) is 40.9 Å². The first-order valence-corrected chi connectivity index (χ1v) is 17.1. The molecular weight excluding hydrogens is 619 g/mol. The summed E-state index contributed by atoms with van der Waals surface area (Å²) in [5.74, 6) is -0.469. The third-order valence-electron chi connectivity index (χ3n) is 7.42. The Bertz CT molecular complexity index is 1810. The lowest BCUT2D eigenvalue weighted by Crippen LogP contribution is -2.42. The molecule has 2 heterocycles. The lowest BCUT2D eigenvalue weighted by Gasteiger charge is -2.42. The van der Waals surface area contributed by atoms with Gasteiger partial charge < -0.3 is 11.1 Å². The molecule has 44 heavy (non-hydrogen) atoms. The summed E-state index contributed by atoms with van der Waals surface area (Å²) < 4.78 is 23.4. The molecule has 5 rings (SSSR count). The van der Waals surface area contributed by atoms with Gasteiger partial charge in [0.05, 0.1) is 28.2 Å². The lowest BCUT2D eigenvalue weighted by molar-refractivity contribution is -0.119.